The molecule has 7 nitrogen and oxygen atoms in total. The van der Waals surface area contributed by atoms with E-state index in [1.165, 1.54) is 4.90 Å². The molecule has 8 heteroatoms. The Balaban J connectivity index is 2.26. The lowest BCUT2D eigenvalue weighted by Crippen LogP contribution is -2.59. The SMILES string of the molecule is CC(C(=O)N1CCOCC1[n+]1ccccc1)S(=O)(=O)[O-]. The summed E-state index contributed by atoms with van der Waals surface area (Å²) in [6, 6.07) is 5.42. The number of aromatic nitrogens is 1. The van der Waals surface area contributed by atoms with Gasteiger partial charge in [0, 0.05) is 12.1 Å². The van der Waals surface area contributed by atoms with Crippen molar-refractivity contribution in [3.8, 4) is 0 Å². The Kier molecular flexibility index (Phi) is 4.36. The van der Waals surface area contributed by atoms with Gasteiger partial charge in [0.1, 0.15) is 22.0 Å². The van der Waals surface area contributed by atoms with Gasteiger partial charge in [-0.2, -0.15) is 4.57 Å². The van der Waals surface area contributed by atoms with Crippen molar-refractivity contribution in [1.29, 1.82) is 0 Å². The van der Waals surface area contributed by atoms with Crippen LogP contribution < -0.4 is 4.57 Å². The van der Waals surface area contributed by atoms with Crippen LogP contribution in [0.3, 0.4) is 0 Å². The first-order valence-electron chi connectivity index (χ1n) is 6.20. The Morgan fingerprint density at radius 2 is 2.05 bits per heavy atom. The predicted molar refractivity (Wildman–Crippen MR) is 67.4 cm³/mol. The standard InChI is InChI=1S/C12H16N2O5S/c1-10(20(16,17)18)12(15)14-7-8-19-9-11(14)13-5-3-2-4-6-13/h2-6,10-11H,7-9H2,1H3. The lowest BCUT2D eigenvalue weighted by molar-refractivity contribution is -0.745. The average molecular weight is 300 g/mol. The van der Waals surface area contributed by atoms with Gasteiger partial charge in [-0.25, -0.2) is 8.42 Å². The fourth-order valence-electron chi connectivity index (χ4n) is 2.06. The van der Waals surface area contributed by atoms with Gasteiger partial charge < -0.3 is 9.29 Å². The molecule has 0 radical (unpaired) electrons. The van der Waals surface area contributed by atoms with Crippen molar-refractivity contribution in [1.82, 2.24) is 4.90 Å². The molecule has 1 aromatic heterocycles. The number of carbonyl (C=O) groups is 1. The first-order valence-corrected chi connectivity index (χ1v) is 7.67. The van der Waals surface area contributed by atoms with Crippen molar-refractivity contribution in [3.05, 3.63) is 30.6 Å². The molecular weight excluding hydrogens is 284 g/mol. The topological polar surface area (TPSA) is 90.6 Å². The van der Waals surface area contributed by atoms with Gasteiger partial charge in [-0.1, -0.05) is 6.07 Å². The Bertz CT molecular complexity index is 575. The van der Waals surface area contributed by atoms with Crippen LogP contribution in [0, 0.1) is 0 Å². The second-order valence-corrected chi connectivity index (χ2v) is 6.24. The lowest BCUT2D eigenvalue weighted by Gasteiger charge is -2.33. The van der Waals surface area contributed by atoms with Crippen molar-refractivity contribution >= 4 is 16.0 Å². The molecule has 0 spiro atoms. The number of nitrogens with zero attached hydrogens (tertiary/aromatic N) is 2. The van der Waals surface area contributed by atoms with Crippen LogP contribution in [-0.2, 0) is 19.6 Å². The molecule has 0 aromatic carbocycles. The molecule has 0 aliphatic carbocycles. The van der Waals surface area contributed by atoms with Gasteiger partial charge in [-0.05, 0) is 6.92 Å². The van der Waals surface area contributed by atoms with Crippen LogP contribution in [-0.4, -0.2) is 48.8 Å². The summed E-state index contributed by atoms with van der Waals surface area (Å²) in [5, 5.41) is -1.59. The minimum Gasteiger partial charge on any atom is -0.747 e. The van der Waals surface area contributed by atoms with E-state index >= 15 is 0 Å². The fraction of sp³-hybridized carbons (Fsp3) is 0.500. The number of pyridine rings is 1. The number of hydrogen-bond donors (Lipinski definition) is 0. The zero-order valence-electron chi connectivity index (χ0n) is 11.0. The maximum atomic E-state index is 12.2. The van der Waals surface area contributed by atoms with E-state index in [4.69, 9.17) is 4.74 Å². The highest BCUT2D eigenvalue weighted by atomic mass is 32.2. The third-order valence-electron chi connectivity index (χ3n) is 3.25. The van der Waals surface area contributed by atoms with Crippen LogP contribution in [0.5, 0.6) is 0 Å². The van der Waals surface area contributed by atoms with E-state index in [2.05, 4.69) is 0 Å². The largest absolute Gasteiger partial charge is 0.747 e. The molecule has 1 aromatic rings. The second kappa shape index (κ2) is 5.86. The van der Waals surface area contributed by atoms with Crippen LogP contribution in [0.25, 0.3) is 0 Å². The third kappa shape index (κ3) is 3.14. The Labute approximate surface area is 117 Å². The highest BCUT2D eigenvalue weighted by Gasteiger charge is 2.37. The molecule has 2 unspecified atom stereocenters. The van der Waals surface area contributed by atoms with E-state index < -0.39 is 27.4 Å². The zero-order chi connectivity index (χ0) is 14.8. The summed E-state index contributed by atoms with van der Waals surface area (Å²) in [4.78, 5) is 13.6. The molecule has 0 N–H and O–H groups in total. The normalized spacial score (nSPS) is 21.5. The minimum atomic E-state index is -4.65. The van der Waals surface area contributed by atoms with E-state index in [9.17, 15) is 17.8 Å². The molecular formula is C12H16N2O5S. The van der Waals surface area contributed by atoms with Crippen LogP contribution >= 0.6 is 0 Å². The van der Waals surface area contributed by atoms with E-state index in [1.807, 2.05) is 6.07 Å². The predicted octanol–water partition coefficient (Wildman–Crippen LogP) is -0.735. The summed E-state index contributed by atoms with van der Waals surface area (Å²) in [6.07, 6.45) is 3.08. The van der Waals surface area contributed by atoms with E-state index in [-0.39, 0.29) is 13.2 Å². The van der Waals surface area contributed by atoms with Gasteiger partial charge in [-0.3, -0.25) is 9.69 Å². The Morgan fingerprint density at radius 1 is 1.40 bits per heavy atom. The Hall–Kier alpha value is -1.51. The first-order chi connectivity index (χ1) is 9.41. The number of amides is 1. The number of ether oxygens (including phenoxy) is 1. The van der Waals surface area contributed by atoms with Gasteiger partial charge in [0.25, 0.3) is 6.17 Å². The molecule has 1 aliphatic heterocycles. The van der Waals surface area contributed by atoms with Crippen molar-refractivity contribution in [2.75, 3.05) is 19.8 Å². The van der Waals surface area contributed by atoms with Crippen LogP contribution in [0.2, 0.25) is 0 Å². The van der Waals surface area contributed by atoms with Crippen LogP contribution in [0.1, 0.15) is 13.1 Å². The molecule has 2 rings (SSSR count). The third-order valence-corrected chi connectivity index (χ3v) is 4.32. The molecule has 1 aliphatic rings. The van der Waals surface area contributed by atoms with Crippen molar-refractivity contribution in [3.63, 3.8) is 0 Å². The molecule has 20 heavy (non-hydrogen) atoms. The van der Waals surface area contributed by atoms with E-state index in [0.717, 1.165) is 6.92 Å². The summed E-state index contributed by atoms with van der Waals surface area (Å²) < 4.78 is 40.1. The molecule has 0 saturated carbocycles. The number of morpholine rings is 1. The summed E-state index contributed by atoms with van der Waals surface area (Å²) in [5.74, 6) is -0.690. The number of hydrogen-bond acceptors (Lipinski definition) is 5. The van der Waals surface area contributed by atoms with Crippen LogP contribution in [0.15, 0.2) is 30.6 Å². The van der Waals surface area contributed by atoms with Gasteiger partial charge in [0.15, 0.2) is 12.4 Å². The molecule has 1 fully saturated rings. The summed E-state index contributed by atoms with van der Waals surface area (Å²) >= 11 is 0. The quantitative estimate of drug-likeness (QED) is 0.542. The maximum Gasteiger partial charge on any atom is 0.259 e. The van der Waals surface area contributed by atoms with Gasteiger partial charge >= 0.3 is 0 Å². The first kappa shape index (κ1) is 14.9. The summed E-state index contributed by atoms with van der Waals surface area (Å²) in [7, 11) is -4.65. The minimum absolute atomic E-state index is 0.255. The summed E-state index contributed by atoms with van der Waals surface area (Å²) in [5.41, 5.74) is 0. The summed E-state index contributed by atoms with van der Waals surface area (Å²) in [6.45, 7) is 1.95. The van der Waals surface area contributed by atoms with Crippen molar-refractivity contribution in [2.45, 2.75) is 18.3 Å². The molecule has 110 valence electrons. The molecule has 1 amide bonds. The monoisotopic (exact) mass is 300 g/mol. The van der Waals surface area contributed by atoms with Crippen LogP contribution in [0.4, 0.5) is 0 Å². The van der Waals surface area contributed by atoms with Crippen molar-refractivity contribution in [2.24, 2.45) is 0 Å². The van der Waals surface area contributed by atoms with E-state index in [0.29, 0.717) is 6.61 Å². The number of rotatable bonds is 3. The molecule has 0 bridgehead atoms. The lowest BCUT2D eigenvalue weighted by atomic mass is 10.3. The number of carbonyl (C=O) groups excluding carboxylic acids is 1. The maximum absolute atomic E-state index is 12.2. The fourth-order valence-corrected chi connectivity index (χ4v) is 2.44. The Morgan fingerprint density at radius 3 is 2.65 bits per heavy atom. The average Bonchev–Trinajstić information content (AvgIpc) is 2.45. The van der Waals surface area contributed by atoms with E-state index in [1.54, 1.807) is 29.1 Å². The second-order valence-electron chi connectivity index (χ2n) is 4.54. The molecule has 2 heterocycles. The smallest absolute Gasteiger partial charge is 0.259 e. The molecule has 2 atom stereocenters. The zero-order valence-corrected chi connectivity index (χ0v) is 11.8. The van der Waals surface area contributed by atoms with Gasteiger partial charge in [0.05, 0.1) is 13.2 Å². The molecule has 1 saturated heterocycles. The van der Waals surface area contributed by atoms with Crippen molar-refractivity contribution < 1.29 is 27.1 Å². The highest BCUT2D eigenvalue weighted by molar-refractivity contribution is 7.87. The highest BCUT2D eigenvalue weighted by Crippen LogP contribution is 2.15. The van der Waals surface area contributed by atoms with Gasteiger partial charge in [-0.15, -0.1) is 0 Å². The van der Waals surface area contributed by atoms with Gasteiger partial charge in [0.2, 0.25) is 5.91 Å².